The molecule has 0 atom stereocenters. The molecule has 4 aliphatic rings. The Morgan fingerprint density at radius 1 is 0.303 bits per heavy atom. The molecule has 0 amide bonds. The summed E-state index contributed by atoms with van der Waals surface area (Å²) in [6.07, 6.45) is 10.2. The average molecular weight is 657 g/mol. The molecule has 0 radical (unpaired) electrons. The van der Waals surface area contributed by atoms with Crippen LogP contribution in [0.3, 0.4) is 0 Å². The second-order valence-electron chi connectivity index (χ2n) is 5.28. The van der Waals surface area contributed by atoms with E-state index in [0.29, 0.717) is 39.6 Å². The normalized spacial score (nSPS) is 14.8. The summed E-state index contributed by atoms with van der Waals surface area (Å²) in [5.41, 5.74) is 0. The molecule has 4 heterocycles. The summed E-state index contributed by atoms with van der Waals surface area (Å²) >= 11 is 1.40. The molecular weight excluding hydrogens is 600 g/mol. The number of hydrogen-bond donors (Lipinski definition) is 0. The SMILES string of the molecule is C1CCOC1.C1CCOC1.C1CCOC1.C1CCOC1.[CH3-].[CH3-].[CH3-].[CH3-].[CH3-].[CH3-].[CH3-].[CH3-].[Mg+2].[O]=[Mo].[O]=[Mo]. The molecule has 0 spiro atoms. The van der Waals surface area contributed by atoms with Gasteiger partial charge in [0.15, 0.2) is 0 Å². The molecule has 9 heteroatoms. The van der Waals surface area contributed by atoms with Crippen molar-refractivity contribution in [3.8, 4) is 0 Å². The first-order valence-corrected chi connectivity index (χ1v) is 10.3. The summed E-state index contributed by atoms with van der Waals surface area (Å²) < 4.78 is 36.3. The van der Waals surface area contributed by atoms with Gasteiger partial charge in [-0.3, -0.25) is 0 Å². The number of ether oxygens (including phenoxy) is 4. The van der Waals surface area contributed by atoms with Gasteiger partial charge in [0, 0.05) is 52.9 Å². The molecule has 4 aliphatic heterocycles. The standard InChI is InChI=1S/4C4H8O.8CH3.Mg.2Mo.2O/c4*1-2-4-5-3-1;;;;;;;;;;;;;/h4*1-4H2;8*1H3;;;;;/q;;;;8*-1;+2;;;;. The van der Waals surface area contributed by atoms with Crippen molar-refractivity contribution in [2.24, 2.45) is 0 Å². The van der Waals surface area contributed by atoms with Crippen LogP contribution in [0.2, 0.25) is 0 Å². The fourth-order valence-electron chi connectivity index (χ4n) is 2.04. The predicted molar refractivity (Wildman–Crippen MR) is 139 cm³/mol. The maximum atomic E-state index is 8.26. The van der Waals surface area contributed by atoms with Gasteiger partial charge < -0.3 is 78.4 Å². The van der Waals surface area contributed by atoms with Crippen molar-refractivity contribution in [1.29, 1.82) is 0 Å². The summed E-state index contributed by atoms with van der Waals surface area (Å²) in [7, 11) is 0. The van der Waals surface area contributed by atoms with Gasteiger partial charge in [-0.25, -0.2) is 0 Å². The van der Waals surface area contributed by atoms with Gasteiger partial charge in [0.05, 0.1) is 0 Å². The number of hydrogen-bond acceptors (Lipinski definition) is 6. The van der Waals surface area contributed by atoms with Gasteiger partial charge in [0.25, 0.3) is 0 Å². The summed E-state index contributed by atoms with van der Waals surface area (Å²) in [6, 6.07) is 0. The Hall–Kier alpha value is 1.58. The zero-order valence-electron chi connectivity index (χ0n) is 23.3. The first-order chi connectivity index (χ1) is 12.0. The van der Waals surface area contributed by atoms with Gasteiger partial charge in [-0.15, -0.1) is 0 Å². The molecule has 0 unspecified atom stereocenters. The van der Waals surface area contributed by atoms with E-state index in [0.717, 1.165) is 52.9 Å². The molecule has 33 heavy (non-hydrogen) atoms. The second-order valence-corrected chi connectivity index (χ2v) is 5.28. The van der Waals surface area contributed by atoms with Gasteiger partial charge in [0.1, 0.15) is 0 Å². The number of rotatable bonds is 0. The Bertz CT molecular complexity index is 147. The molecule has 4 rings (SSSR count). The van der Waals surface area contributed by atoms with Crippen LogP contribution in [0.4, 0.5) is 0 Å². The quantitative estimate of drug-likeness (QED) is 0.230. The van der Waals surface area contributed by atoms with Gasteiger partial charge in [-0.1, -0.05) is 0 Å². The average Bonchev–Trinajstić information content (AvgIpc) is 3.48. The van der Waals surface area contributed by atoms with E-state index < -0.39 is 0 Å². The Kier molecular flexibility index (Phi) is 163. The molecule has 6 nitrogen and oxygen atoms in total. The van der Waals surface area contributed by atoms with Crippen LogP contribution in [-0.2, 0) is 65.3 Å². The zero-order valence-corrected chi connectivity index (χ0v) is 28.7. The molecule has 0 saturated carbocycles. The third kappa shape index (κ3) is 71.9. The summed E-state index contributed by atoms with van der Waals surface area (Å²) in [5, 5.41) is 0. The summed E-state index contributed by atoms with van der Waals surface area (Å²) in [6.45, 7) is 8.00. The third-order valence-electron chi connectivity index (χ3n) is 3.31. The Labute approximate surface area is 250 Å². The van der Waals surface area contributed by atoms with Gasteiger partial charge >= 0.3 is 69.4 Å². The van der Waals surface area contributed by atoms with Crippen LogP contribution in [-0.4, -0.2) is 75.9 Å². The van der Waals surface area contributed by atoms with Gasteiger partial charge in [-0.05, 0) is 51.4 Å². The van der Waals surface area contributed by atoms with E-state index in [1.165, 1.54) is 51.4 Å². The fraction of sp³-hybridized carbons (Fsp3) is 0.667. The van der Waals surface area contributed by atoms with E-state index in [2.05, 4.69) is 0 Å². The van der Waals surface area contributed by atoms with E-state index in [9.17, 15) is 0 Å². The van der Waals surface area contributed by atoms with E-state index in [1.807, 2.05) is 0 Å². The summed E-state index contributed by atoms with van der Waals surface area (Å²) in [4.78, 5) is 0. The van der Waals surface area contributed by atoms with E-state index in [-0.39, 0.29) is 82.5 Å². The Morgan fingerprint density at radius 3 is 0.424 bits per heavy atom. The maximum absolute atomic E-state index is 8.26. The Morgan fingerprint density at radius 2 is 0.394 bits per heavy atom. The molecule has 0 aromatic rings. The van der Waals surface area contributed by atoms with Crippen LogP contribution < -0.4 is 0 Å². The van der Waals surface area contributed by atoms with Crippen molar-refractivity contribution in [3.05, 3.63) is 59.4 Å². The van der Waals surface area contributed by atoms with Crippen LogP contribution in [0, 0.1) is 59.4 Å². The first-order valence-electron chi connectivity index (χ1n) is 8.64. The molecule has 0 aromatic heterocycles. The van der Waals surface area contributed by atoms with Crippen molar-refractivity contribution >= 4 is 23.1 Å². The van der Waals surface area contributed by atoms with Crippen molar-refractivity contribution in [3.63, 3.8) is 0 Å². The van der Waals surface area contributed by atoms with Gasteiger partial charge in [-0.2, -0.15) is 0 Å². The summed E-state index contributed by atoms with van der Waals surface area (Å²) in [5.74, 6) is 0. The molecule has 0 aliphatic carbocycles. The van der Waals surface area contributed by atoms with Gasteiger partial charge in [0.2, 0.25) is 0 Å². The first kappa shape index (κ1) is 70.1. The molecule has 0 bridgehead atoms. The van der Waals surface area contributed by atoms with Crippen LogP contribution in [0.1, 0.15) is 51.4 Å². The monoisotopic (exact) mass is 660 g/mol. The van der Waals surface area contributed by atoms with E-state index in [4.69, 9.17) is 25.7 Å². The van der Waals surface area contributed by atoms with Crippen molar-refractivity contribution in [2.75, 3.05) is 52.9 Å². The van der Waals surface area contributed by atoms with Crippen LogP contribution in [0.5, 0.6) is 0 Å². The van der Waals surface area contributed by atoms with E-state index in [1.54, 1.807) is 0 Å². The molecule has 0 aromatic carbocycles. The zero-order chi connectivity index (χ0) is 18.1. The molecule has 0 N–H and O–H groups in total. The fourth-order valence-corrected chi connectivity index (χ4v) is 2.04. The van der Waals surface area contributed by atoms with Crippen LogP contribution >= 0.6 is 0 Å². The molecule has 4 fully saturated rings. The topological polar surface area (TPSA) is 71.1 Å². The molecule has 208 valence electrons. The third-order valence-corrected chi connectivity index (χ3v) is 3.31. The Balaban J connectivity index is -0.0000000190. The van der Waals surface area contributed by atoms with Crippen molar-refractivity contribution in [2.45, 2.75) is 51.4 Å². The van der Waals surface area contributed by atoms with Crippen LogP contribution in [0.25, 0.3) is 0 Å². The van der Waals surface area contributed by atoms with Crippen LogP contribution in [0.15, 0.2) is 0 Å². The second kappa shape index (κ2) is 76.5. The molecular formula is C24H56MgMo2O6-6. The predicted octanol–water partition coefficient (Wildman–Crippen LogP) is 6.17. The van der Waals surface area contributed by atoms with Crippen molar-refractivity contribution in [1.82, 2.24) is 0 Å². The van der Waals surface area contributed by atoms with Crippen molar-refractivity contribution < 1.29 is 65.3 Å². The minimum absolute atomic E-state index is 0. The molecule has 4 saturated heterocycles. The minimum atomic E-state index is 0. The van der Waals surface area contributed by atoms with E-state index >= 15 is 0 Å².